The molecule has 0 spiro atoms. The van der Waals surface area contributed by atoms with E-state index in [-0.39, 0.29) is 11.4 Å². The molecular weight excluding hydrogens is 275 g/mol. The molecule has 0 bridgehead atoms. The molecule has 0 fully saturated rings. The van der Waals surface area contributed by atoms with E-state index < -0.39 is 5.97 Å². The number of carboxylic acid groups (broad SMARTS) is 1. The van der Waals surface area contributed by atoms with E-state index in [4.69, 9.17) is 0 Å². The van der Waals surface area contributed by atoms with Crippen molar-refractivity contribution in [1.82, 2.24) is 0 Å². The zero-order chi connectivity index (χ0) is 14.5. The molecule has 0 aliphatic heterocycles. The fourth-order valence-corrected chi connectivity index (χ4v) is 2.28. The van der Waals surface area contributed by atoms with Crippen LogP contribution >= 0.6 is 11.8 Å². The molecule has 102 valence electrons. The van der Waals surface area contributed by atoms with Gasteiger partial charge in [0.15, 0.2) is 0 Å². The number of thioether (sulfide) groups is 1. The second-order valence-electron chi connectivity index (χ2n) is 4.12. The first-order chi connectivity index (χ1) is 9.61. The van der Waals surface area contributed by atoms with Crippen molar-refractivity contribution in [2.24, 2.45) is 0 Å². The highest BCUT2D eigenvalue weighted by Gasteiger charge is 2.10. The molecule has 0 unspecified atom stereocenters. The quantitative estimate of drug-likeness (QED) is 0.521. The highest BCUT2D eigenvalue weighted by atomic mass is 32.2. The third-order valence-corrected chi connectivity index (χ3v) is 3.57. The van der Waals surface area contributed by atoms with Crippen LogP contribution < -0.4 is 0 Å². The van der Waals surface area contributed by atoms with Crippen molar-refractivity contribution in [2.75, 3.05) is 6.26 Å². The van der Waals surface area contributed by atoms with Crippen LogP contribution in [0.2, 0.25) is 0 Å². The minimum absolute atomic E-state index is 0.141. The molecule has 2 aromatic rings. The van der Waals surface area contributed by atoms with E-state index in [0.29, 0.717) is 16.0 Å². The van der Waals surface area contributed by atoms with Crippen molar-refractivity contribution < 1.29 is 14.3 Å². The molecule has 0 atom stereocenters. The standard InChI is InChI=1S/C16H13FO2S/c1-20-15-8-7-11(10-14(15)17)9-13(16(18)19)12-5-3-2-4-6-12/h2-10H,1H3,(H,18,19)/b13-9+. The minimum atomic E-state index is -1.04. The van der Waals surface area contributed by atoms with E-state index >= 15 is 0 Å². The second kappa shape index (κ2) is 6.39. The molecule has 0 aliphatic carbocycles. The van der Waals surface area contributed by atoms with Gasteiger partial charge < -0.3 is 5.11 Å². The van der Waals surface area contributed by atoms with Crippen LogP contribution in [0.1, 0.15) is 11.1 Å². The molecule has 2 aromatic carbocycles. The van der Waals surface area contributed by atoms with Crippen molar-refractivity contribution in [2.45, 2.75) is 4.90 Å². The number of benzene rings is 2. The second-order valence-corrected chi connectivity index (χ2v) is 4.97. The van der Waals surface area contributed by atoms with Crippen LogP contribution in [0.3, 0.4) is 0 Å². The van der Waals surface area contributed by atoms with E-state index in [1.807, 2.05) is 6.07 Å². The van der Waals surface area contributed by atoms with Crippen LogP contribution in [-0.4, -0.2) is 17.3 Å². The van der Waals surface area contributed by atoms with Crippen molar-refractivity contribution in [3.63, 3.8) is 0 Å². The van der Waals surface area contributed by atoms with Gasteiger partial charge in [-0.1, -0.05) is 36.4 Å². The topological polar surface area (TPSA) is 37.3 Å². The average molecular weight is 288 g/mol. The van der Waals surface area contributed by atoms with E-state index in [9.17, 15) is 14.3 Å². The monoisotopic (exact) mass is 288 g/mol. The lowest BCUT2D eigenvalue weighted by atomic mass is 10.0. The summed E-state index contributed by atoms with van der Waals surface area (Å²) in [7, 11) is 0. The Balaban J connectivity index is 2.45. The van der Waals surface area contributed by atoms with Gasteiger partial charge in [-0.25, -0.2) is 9.18 Å². The summed E-state index contributed by atoms with van der Waals surface area (Å²) in [5.74, 6) is -1.38. The normalized spacial score (nSPS) is 11.4. The molecule has 0 saturated carbocycles. The van der Waals surface area contributed by atoms with Gasteiger partial charge in [-0.15, -0.1) is 11.8 Å². The van der Waals surface area contributed by atoms with Crippen molar-refractivity contribution in [3.8, 4) is 0 Å². The van der Waals surface area contributed by atoms with Gasteiger partial charge in [0.25, 0.3) is 0 Å². The zero-order valence-corrected chi connectivity index (χ0v) is 11.7. The lowest BCUT2D eigenvalue weighted by molar-refractivity contribution is -0.130. The smallest absolute Gasteiger partial charge is 0.336 e. The van der Waals surface area contributed by atoms with Crippen LogP contribution in [0.25, 0.3) is 11.6 Å². The number of aliphatic carboxylic acids is 1. The molecule has 0 saturated heterocycles. The summed E-state index contributed by atoms with van der Waals surface area (Å²) in [6.07, 6.45) is 3.27. The van der Waals surface area contributed by atoms with Gasteiger partial charge in [-0.05, 0) is 35.6 Å². The van der Waals surface area contributed by atoms with Crippen LogP contribution in [0, 0.1) is 5.82 Å². The van der Waals surface area contributed by atoms with Crippen LogP contribution in [-0.2, 0) is 4.79 Å². The first-order valence-electron chi connectivity index (χ1n) is 5.96. The van der Waals surface area contributed by atoms with Gasteiger partial charge in [0.1, 0.15) is 5.82 Å². The lowest BCUT2D eigenvalue weighted by Crippen LogP contribution is -1.99. The maximum absolute atomic E-state index is 13.7. The first kappa shape index (κ1) is 14.3. The average Bonchev–Trinajstić information content (AvgIpc) is 2.45. The van der Waals surface area contributed by atoms with Gasteiger partial charge >= 0.3 is 5.97 Å². The van der Waals surface area contributed by atoms with E-state index in [2.05, 4.69) is 0 Å². The first-order valence-corrected chi connectivity index (χ1v) is 7.18. The number of hydrogen-bond acceptors (Lipinski definition) is 2. The molecule has 0 aliphatic rings. The molecule has 2 nitrogen and oxygen atoms in total. The molecule has 2 rings (SSSR count). The number of carboxylic acids is 1. The molecule has 0 radical (unpaired) electrons. The molecule has 0 amide bonds. The molecule has 1 N–H and O–H groups in total. The predicted octanol–water partition coefficient (Wildman–Crippen LogP) is 4.17. The number of carbonyl (C=O) groups is 1. The maximum atomic E-state index is 13.7. The highest BCUT2D eigenvalue weighted by molar-refractivity contribution is 7.98. The third kappa shape index (κ3) is 3.27. The van der Waals surface area contributed by atoms with Gasteiger partial charge in [-0.2, -0.15) is 0 Å². The molecular formula is C16H13FO2S. The van der Waals surface area contributed by atoms with Gasteiger partial charge in [0.05, 0.1) is 5.57 Å². The maximum Gasteiger partial charge on any atom is 0.336 e. The fraction of sp³-hybridized carbons (Fsp3) is 0.0625. The van der Waals surface area contributed by atoms with Crippen molar-refractivity contribution in [3.05, 3.63) is 65.5 Å². The van der Waals surface area contributed by atoms with Gasteiger partial charge in [0.2, 0.25) is 0 Å². The van der Waals surface area contributed by atoms with E-state index in [1.165, 1.54) is 23.9 Å². The zero-order valence-electron chi connectivity index (χ0n) is 10.8. The Labute approximate surface area is 121 Å². The Hall–Kier alpha value is -2.07. The summed E-state index contributed by atoms with van der Waals surface area (Å²) in [5, 5.41) is 9.29. The Morgan fingerprint density at radius 2 is 1.90 bits per heavy atom. The Morgan fingerprint density at radius 1 is 1.20 bits per heavy atom. The van der Waals surface area contributed by atoms with Crippen molar-refractivity contribution in [1.29, 1.82) is 0 Å². The number of halogens is 1. The Kier molecular flexibility index (Phi) is 4.58. The summed E-state index contributed by atoms with van der Waals surface area (Å²) in [6, 6.07) is 13.5. The van der Waals surface area contributed by atoms with E-state index in [0.717, 1.165) is 0 Å². The summed E-state index contributed by atoms with van der Waals surface area (Å²) in [6.45, 7) is 0. The van der Waals surface area contributed by atoms with Crippen LogP contribution in [0.4, 0.5) is 4.39 Å². The largest absolute Gasteiger partial charge is 0.478 e. The van der Waals surface area contributed by atoms with Gasteiger partial charge in [-0.3, -0.25) is 0 Å². The summed E-state index contributed by atoms with van der Waals surface area (Å²) in [5.41, 5.74) is 1.26. The summed E-state index contributed by atoms with van der Waals surface area (Å²) in [4.78, 5) is 11.9. The SMILES string of the molecule is CSc1ccc(/C=C(/C(=O)O)c2ccccc2)cc1F. The van der Waals surface area contributed by atoms with Crippen LogP contribution in [0.5, 0.6) is 0 Å². The highest BCUT2D eigenvalue weighted by Crippen LogP contribution is 2.23. The number of hydrogen-bond donors (Lipinski definition) is 1. The lowest BCUT2D eigenvalue weighted by Gasteiger charge is -2.04. The third-order valence-electron chi connectivity index (χ3n) is 2.80. The number of rotatable bonds is 4. The fourth-order valence-electron chi connectivity index (χ4n) is 1.83. The molecule has 4 heteroatoms. The molecule has 0 heterocycles. The van der Waals surface area contributed by atoms with Gasteiger partial charge in [0, 0.05) is 4.90 Å². The Bertz CT molecular complexity index is 651. The molecule has 20 heavy (non-hydrogen) atoms. The van der Waals surface area contributed by atoms with Crippen LogP contribution in [0.15, 0.2) is 53.4 Å². The summed E-state index contributed by atoms with van der Waals surface area (Å²) < 4.78 is 13.7. The predicted molar refractivity (Wildman–Crippen MR) is 80.1 cm³/mol. The molecule has 0 aromatic heterocycles. The van der Waals surface area contributed by atoms with E-state index in [1.54, 1.807) is 42.7 Å². The summed E-state index contributed by atoms with van der Waals surface area (Å²) >= 11 is 1.31. The Morgan fingerprint density at radius 3 is 2.45 bits per heavy atom. The van der Waals surface area contributed by atoms with Crippen molar-refractivity contribution >= 4 is 29.4 Å². The minimum Gasteiger partial charge on any atom is -0.478 e.